The van der Waals surface area contributed by atoms with Gasteiger partial charge in [0.25, 0.3) is 10.0 Å². The topological polar surface area (TPSA) is 169 Å². The van der Waals surface area contributed by atoms with E-state index in [1.807, 2.05) is 48.5 Å². The number of sulfonamides is 1. The molecule has 1 saturated heterocycles. The molecule has 1 aliphatic rings. The molecule has 1 fully saturated rings. The number of nitrogens with zero attached hydrogens (tertiary/aromatic N) is 4. The van der Waals surface area contributed by atoms with Crippen molar-refractivity contribution in [3.63, 3.8) is 0 Å². The van der Waals surface area contributed by atoms with E-state index in [-0.39, 0.29) is 49.9 Å². The van der Waals surface area contributed by atoms with Gasteiger partial charge in [0.1, 0.15) is 16.7 Å². The highest BCUT2D eigenvalue weighted by Gasteiger charge is 2.51. The Morgan fingerprint density at radius 1 is 0.632 bits per heavy atom. The molecule has 4 aromatic carbocycles. The van der Waals surface area contributed by atoms with Gasteiger partial charge in [-0.1, -0.05) is 53.5 Å². The highest BCUT2D eigenvalue weighted by Crippen LogP contribution is 2.37. The molecule has 0 amide bonds. The number of methoxy groups -OCH3 is 2. The fourth-order valence-corrected chi connectivity index (χ4v) is 9.99. The van der Waals surface area contributed by atoms with Gasteiger partial charge in [-0.2, -0.15) is 0 Å². The maximum absolute atomic E-state index is 12.7. The normalized spacial score (nSPS) is 14.0. The fourth-order valence-electron chi connectivity index (χ4n) is 6.75. The van der Waals surface area contributed by atoms with E-state index in [9.17, 15) is 16.8 Å². The van der Waals surface area contributed by atoms with Gasteiger partial charge in [0, 0.05) is 45.8 Å². The van der Waals surface area contributed by atoms with Crippen LogP contribution in [0.3, 0.4) is 0 Å². The van der Waals surface area contributed by atoms with E-state index in [1.165, 1.54) is 44.7 Å². The molecule has 68 heavy (non-hydrogen) atoms. The van der Waals surface area contributed by atoms with Gasteiger partial charge < -0.3 is 18.8 Å². The number of benzene rings is 4. The van der Waals surface area contributed by atoms with Crippen LogP contribution in [0.5, 0.6) is 11.5 Å². The van der Waals surface area contributed by atoms with Crippen LogP contribution in [-0.2, 0) is 34.9 Å². The van der Waals surface area contributed by atoms with Gasteiger partial charge in [0.2, 0.25) is 0 Å². The van der Waals surface area contributed by atoms with Gasteiger partial charge in [-0.25, -0.2) is 26.8 Å². The monoisotopic (exact) mass is 1060 g/mol. The zero-order valence-corrected chi connectivity index (χ0v) is 42.4. The van der Waals surface area contributed by atoms with Crippen molar-refractivity contribution in [1.29, 1.82) is 0 Å². The first-order chi connectivity index (χ1) is 32.3. The summed E-state index contributed by atoms with van der Waals surface area (Å²) in [4.78, 5) is 17.0. The number of rotatable bonds is 10. The number of fused-ring (bicyclic) bond motifs is 2. The van der Waals surface area contributed by atoms with Crippen LogP contribution in [-0.4, -0.2) is 69.3 Å². The molecule has 19 heteroatoms. The molecule has 0 bridgehead atoms. The molecule has 8 aromatic rings. The van der Waals surface area contributed by atoms with Crippen molar-refractivity contribution in [1.82, 2.24) is 19.9 Å². The summed E-state index contributed by atoms with van der Waals surface area (Å²) in [6.07, 6.45) is 6.66. The molecular weight excluding hydrogens is 1010 g/mol. The average molecular weight is 1060 g/mol. The summed E-state index contributed by atoms with van der Waals surface area (Å²) in [5, 5.41) is 2.33. The van der Waals surface area contributed by atoms with Crippen molar-refractivity contribution in [3.8, 4) is 22.6 Å². The third kappa shape index (κ3) is 12.0. The first-order valence-corrected chi connectivity index (χ1v) is 25.5. The summed E-state index contributed by atoms with van der Waals surface area (Å²) in [6, 6.07) is 35.3. The lowest BCUT2D eigenvalue weighted by molar-refractivity contribution is 0.00578. The number of ether oxygens (including phenoxy) is 2. The highest BCUT2D eigenvalue weighted by molar-refractivity contribution is 9.10. The number of pyridine rings is 4. The van der Waals surface area contributed by atoms with Crippen LogP contribution in [0, 0.1) is 0 Å². The predicted molar refractivity (Wildman–Crippen MR) is 272 cm³/mol. The molecule has 1 aliphatic heterocycles. The third-order valence-corrected chi connectivity index (χ3v) is 15.3. The number of aromatic nitrogens is 4. The zero-order chi connectivity index (χ0) is 48.9. The third-order valence-electron chi connectivity index (χ3n) is 11.2. The Morgan fingerprint density at radius 3 is 1.76 bits per heavy atom. The van der Waals surface area contributed by atoms with Crippen molar-refractivity contribution < 1.29 is 35.6 Å². The van der Waals surface area contributed by atoms with E-state index in [0.717, 1.165) is 38.4 Å². The first-order valence-electron chi connectivity index (χ1n) is 20.8. The van der Waals surface area contributed by atoms with Gasteiger partial charge >= 0.3 is 7.12 Å². The Balaban J connectivity index is 0.000000156. The van der Waals surface area contributed by atoms with E-state index in [2.05, 4.69) is 80.4 Å². The number of anilines is 1. The minimum atomic E-state index is -3.83. The van der Waals surface area contributed by atoms with Crippen LogP contribution < -0.4 is 19.7 Å². The second-order valence-electron chi connectivity index (χ2n) is 16.3. The highest BCUT2D eigenvalue weighted by atomic mass is 79.9. The molecule has 0 saturated carbocycles. The van der Waals surface area contributed by atoms with Crippen molar-refractivity contribution in [3.05, 3.63) is 166 Å². The largest absolute Gasteiger partial charge is 0.497 e. The standard InChI is InChI=1S/C21H16ClN3O3S.C15H18BNO2.C13H11BrClNO3S/c1-28-17-5-7-18(8-6-17)29(26,27)25-20-12-16(13-24-21(20)22)14-4-9-19-15(11-14)3-2-10-23-19;1-14(2)15(3,4)19-16(18-14)12-7-8-13-11(10-12)6-5-9-17-13;1-19-11-2-4-12(5-3-11)20(17,18)8-9-6-10(14)7-16-13(9)15/h2-13,25H,1H3;5-10H,1-4H3;2-7H,8H2,1H3. The minimum absolute atomic E-state index is 0.0632. The molecule has 9 rings (SSSR count). The van der Waals surface area contributed by atoms with Crippen molar-refractivity contribution >= 4 is 99.1 Å². The lowest BCUT2D eigenvalue weighted by Gasteiger charge is -2.32. The maximum Gasteiger partial charge on any atom is 0.494 e. The summed E-state index contributed by atoms with van der Waals surface area (Å²) in [6.45, 7) is 8.26. The van der Waals surface area contributed by atoms with Gasteiger partial charge in [0.15, 0.2) is 15.0 Å². The van der Waals surface area contributed by atoms with Crippen LogP contribution in [0.25, 0.3) is 32.9 Å². The van der Waals surface area contributed by atoms with Crippen molar-refractivity contribution in [2.75, 3.05) is 18.9 Å². The summed E-state index contributed by atoms with van der Waals surface area (Å²) in [7, 11) is -4.58. The summed E-state index contributed by atoms with van der Waals surface area (Å²) < 4.78 is 75.5. The van der Waals surface area contributed by atoms with Crippen molar-refractivity contribution in [2.24, 2.45) is 0 Å². The number of halogens is 3. The van der Waals surface area contributed by atoms with Gasteiger partial charge in [0.05, 0.1) is 57.7 Å². The number of hydrogen-bond donors (Lipinski definition) is 1. The van der Waals surface area contributed by atoms with Crippen LogP contribution in [0.2, 0.25) is 10.3 Å². The smallest absolute Gasteiger partial charge is 0.494 e. The zero-order valence-electron chi connectivity index (χ0n) is 37.6. The SMILES string of the molecule is CC1(C)OB(c2ccc3ncccc3c2)OC1(C)C.COc1ccc(S(=O)(=O)Cc2cc(Br)cnc2Cl)cc1.COc1ccc(S(=O)(=O)Nc2cc(-c3ccc4ncccc4c3)cnc2Cl)cc1. The molecule has 4 aromatic heterocycles. The number of nitrogens with one attached hydrogen (secondary N) is 1. The lowest BCUT2D eigenvalue weighted by atomic mass is 9.78. The number of hydrogen-bond acceptors (Lipinski definition) is 12. The van der Waals surface area contributed by atoms with Crippen molar-refractivity contribution in [2.45, 2.75) is 54.4 Å². The molecule has 0 radical (unpaired) electrons. The van der Waals surface area contributed by atoms with E-state index in [1.54, 1.807) is 55.0 Å². The second-order valence-corrected chi connectivity index (χ2v) is 21.6. The lowest BCUT2D eigenvalue weighted by Crippen LogP contribution is -2.41. The Bertz CT molecular complexity index is 3300. The van der Waals surface area contributed by atoms with Gasteiger partial charge in [-0.3, -0.25) is 14.7 Å². The van der Waals surface area contributed by atoms with Gasteiger partial charge in [-0.15, -0.1) is 0 Å². The Morgan fingerprint density at radius 2 is 1.18 bits per heavy atom. The van der Waals surface area contributed by atoms with E-state index >= 15 is 0 Å². The molecule has 13 nitrogen and oxygen atoms in total. The number of sulfone groups is 1. The maximum atomic E-state index is 12.7. The van der Waals surface area contributed by atoms with E-state index in [0.29, 0.717) is 21.5 Å². The molecule has 0 atom stereocenters. The van der Waals surface area contributed by atoms with Crippen LogP contribution in [0.1, 0.15) is 33.3 Å². The molecular formula is C49H45BBrCl2N5O8S2. The summed E-state index contributed by atoms with van der Waals surface area (Å²) in [5.41, 5.74) is 4.55. The van der Waals surface area contributed by atoms with Gasteiger partial charge in [-0.05, 0) is 151 Å². The molecule has 0 spiro atoms. The molecule has 1 N–H and O–H groups in total. The molecule has 0 aliphatic carbocycles. The fraction of sp³-hybridized carbons (Fsp3) is 0.184. The van der Waals surface area contributed by atoms with Crippen LogP contribution >= 0.6 is 39.1 Å². The molecule has 350 valence electrons. The summed E-state index contributed by atoms with van der Waals surface area (Å²) in [5.74, 6) is 0.965. The Labute approximate surface area is 414 Å². The van der Waals surface area contributed by atoms with E-state index in [4.69, 9.17) is 42.0 Å². The second kappa shape index (κ2) is 20.9. The summed E-state index contributed by atoms with van der Waals surface area (Å²) >= 11 is 15.3. The predicted octanol–water partition coefficient (Wildman–Crippen LogP) is 10.8. The quantitative estimate of drug-likeness (QED) is 0.102. The average Bonchev–Trinajstić information content (AvgIpc) is 3.56. The molecule has 5 heterocycles. The van der Waals surface area contributed by atoms with Crippen LogP contribution in [0.15, 0.2) is 160 Å². The Hall–Kier alpha value is -5.66. The van der Waals surface area contributed by atoms with Crippen LogP contribution in [0.4, 0.5) is 5.69 Å². The Kier molecular flexibility index (Phi) is 15.4. The first kappa shape index (κ1) is 50.2. The minimum Gasteiger partial charge on any atom is -0.497 e. The van der Waals surface area contributed by atoms with E-state index < -0.39 is 19.9 Å². The molecule has 0 unspecified atom stereocenters.